The largest absolute Gasteiger partial charge is 0.497 e. The van der Waals surface area contributed by atoms with Gasteiger partial charge in [-0.3, -0.25) is 4.79 Å². The molecule has 3 aromatic carbocycles. The van der Waals surface area contributed by atoms with Gasteiger partial charge in [-0.15, -0.1) is 0 Å². The fourth-order valence-electron chi connectivity index (χ4n) is 3.33. The van der Waals surface area contributed by atoms with Crippen LogP contribution >= 0.6 is 0 Å². The molecule has 0 atom stereocenters. The van der Waals surface area contributed by atoms with Gasteiger partial charge in [0.2, 0.25) is 0 Å². The van der Waals surface area contributed by atoms with Crippen molar-refractivity contribution >= 4 is 22.5 Å². The van der Waals surface area contributed by atoms with Gasteiger partial charge in [0.25, 0.3) is 5.91 Å². The number of carbonyl (C=O) groups excluding carboxylic acids is 1. The van der Waals surface area contributed by atoms with Crippen LogP contribution in [0.5, 0.6) is 5.75 Å². The summed E-state index contributed by atoms with van der Waals surface area (Å²) in [6, 6.07) is 23.3. The summed E-state index contributed by atoms with van der Waals surface area (Å²) in [5.41, 5.74) is 6.01. The maximum atomic E-state index is 13.2. The lowest BCUT2D eigenvalue weighted by molar-refractivity contribution is 0.102. The third-order valence-electron chi connectivity index (χ3n) is 4.99. The molecule has 0 spiro atoms. The molecule has 0 saturated heterocycles. The van der Waals surface area contributed by atoms with Crippen LogP contribution in [0.3, 0.4) is 0 Å². The average molecular weight is 382 g/mol. The zero-order chi connectivity index (χ0) is 20.4. The van der Waals surface area contributed by atoms with Crippen LogP contribution < -0.4 is 10.1 Å². The summed E-state index contributed by atoms with van der Waals surface area (Å²) in [7, 11) is 1.64. The molecule has 0 fully saturated rings. The molecule has 0 saturated carbocycles. The highest BCUT2D eigenvalue weighted by molar-refractivity contribution is 6.13. The molecular weight excluding hydrogens is 360 g/mol. The van der Waals surface area contributed by atoms with Gasteiger partial charge in [-0.2, -0.15) is 0 Å². The SMILES string of the molecule is COc1ccc(-c2cc(C(=O)Nc3cc(C)ccc3C)c3ccccc3n2)cc1. The van der Waals surface area contributed by atoms with Crippen molar-refractivity contribution in [2.24, 2.45) is 0 Å². The topological polar surface area (TPSA) is 51.2 Å². The molecule has 4 nitrogen and oxygen atoms in total. The molecule has 0 radical (unpaired) electrons. The van der Waals surface area contributed by atoms with Gasteiger partial charge in [-0.05, 0) is 67.4 Å². The van der Waals surface area contributed by atoms with E-state index in [0.717, 1.165) is 44.7 Å². The molecule has 0 aliphatic heterocycles. The molecule has 0 aliphatic carbocycles. The highest BCUT2D eigenvalue weighted by Gasteiger charge is 2.15. The molecule has 144 valence electrons. The Labute approximate surface area is 170 Å². The van der Waals surface area contributed by atoms with Crippen molar-refractivity contribution in [3.05, 3.63) is 89.5 Å². The van der Waals surface area contributed by atoms with E-state index in [9.17, 15) is 4.79 Å². The van der Waals surface area contributed by atoms with Gasteiger partial charge in [0, 0.05) is 16.6 Å². The van der Waals surface area contributed by atoms with E-state index < -0.39 is 0 Å². The lowest BCUT2D eigenvalue weighted by atomic mass is 10.0. The number of carbonyl (C=O) groups is 1. The Bertz CT molecular complexity index is 1200. The van der Waals surface area contributed by atoms with Crippen LogP contribution in [0.4, 0.5) is 5.69 Å². The summed E-state index contributed by atoms with van der Waals surface area (Å²) >= 11 is 0. The van der Waals surface area contributed by atoms with Crippen LogP contribution in [-0.2, 0) is 0 Å². The van der Waals surface area contributed by atoms with Gasteiger partial charge in [0.05, 0.1) is 23.9 Å². The van der Waals surface area contributed by atoms with Crippen LogP contribution in [0.2, 0.25) is 0 Å². The molecular formula is C25H22N2O2. The van der Waals surface area contributed by atoms with Crippen molar-refractivity contribution in [1.29, 1.82) is 0 Å². The fourth-order valence-corrected chi connectivity index (χ4v) is 3.33. The molecule has 29 heavy (non-hydrogen) atoms. The lowest BCUT2D eigenvalue weighted by Gasteiger charge is -2.13. The predicted molar refractivity (Wildman–Crippen MR) is 118 cm³/mol. The molecule has 1 heterocycles. The molecule has 4 aromatic rings. The number of methoxy groups -OCH3 is 1. The first-order valence-corrected chi connectivity index (χ1v) is 9.48. The Balaban J connectivity index is 1.79. The van der Waals surface area contributed by atoms with Crippen LogP contribution in [-0.4, -0.2) is 18.0 Å². The number of aryl methyl sites for hydroxylation is 2. The zero-order valence-electron chi connectivity index (χ0n) is 16.7. The second-order valence-electron chi connectivity index (χ2n) is 7.07. The van der Waals surface area contributed by atoms with E-state index in [1.54, 1.807) is 7.11 Å². The van der Waals surface area contributed by atoms with Crippen LogP contribution in [0.25, 0.3) is 22.2 Å². The van der Waals surface area contributed by atoms with Crippen LogP contribution in [0.15, 0.2) is 72.8 Å². The van der Waals surface area contributed by atoms with Crippen molar-refractivity contribution in [3.8, 4) is 17.0 Å². The monoisotopic (exact) mass is 382 g/mol. The first-order valence-electron chi connectivity index (χ1n) is 9.48. The van der Waals surface area contributed by atoms with Crippen molar-refractivity contribution in [3.63, 3.8) is 0 Å². The third-order valence-corrected chi connectivity index (χ3v) is 4.99. The highest BCUT2D eigenvalue weighted by Crippen LogP contribution is 2.27. The smallest absolute Gasteiger partial charge is 0.256 e. The standard InChI is InChI=1S/C25H22N2O2/c1-16-8-9-17(2)23(14-16)27-25(28)21-15-24(18-10-12-19(29-3)13-11-18)26-22-7-5-4-6-20(21)22/h4-15H,1-3H3,(H,27,28). The Morgan fingerprint density at radius 3 is 2.45 bits per heavy atom. The van der Waals surface area contributed by atoms with Crippen molar-refractivity contribution in [1.82, 2.24) is 4.98 Å². The van der Waals surface area contributed by atoms with Crippen molar-refractivity contribution in [2.75, 3.05) is 12.4 Å². The normalized spacial score (nSPS) is 10.7. The van der Waals surface area contributed by atoms with Crippen molar-refractivity contribution in [2.45, 2.75) is 13.8 Å². The minimum Gasteiger partial charge on any atom is -0.497 e. The molecule has 4 rings (SSSR count). The average Bonchev–Trinajstić information content (AvgIpc) is 2.75. The Hall–Kier alpha value is -3.66. The summed E-state index contributed by atoms with van der Waals surface area (Å²) in [5, 5.41) is 3.90. The van der Waals surface area contributed by atoms with Crippen LogP contribution in [0.1, 0.15) is 21.5 Å². The fraction of sp³-hybridized carbons (Fsp3) is 0.120. The number of pyridine rings is 1. The van der Waals surface area contributed by atoms with E-state index >= 15 is 0 Å². The zero-order valence-corrected chi connectivity index (χ0v) is 16.7. The number of nitrogens with zero attached hydrogens (tertiary/aromatic N) is 1. The second-order valence-corrected chi connectivity index (χ2v) is 7.07. The van der Waals surface area contributed by atoms with Gasteiger partial charge in [0.15, 0.2) is 0 Å². The van der Waals surface area contributed by atoms with Crippen molar-refractivity contribution < 1.29 is 9.53 Å². The van der Waals surface area contributed by atoms with Gasteiger partial charge >= 0.3 is 0 Å². The molecule has 0 unspecified atom stereocenters. The van der Waals surface area contributed by atoms with Gasteiger partial charge in [-0.25, -0.2) is 4.98 Å². The Kier molecular flexibility index (Phi) is 5.00. The molecule has 1 N–H and O–H groups in total. The lowest BCUT2D eigenvalue weighted by Crippen LogP contribution is -2.14. The number of aromatic nitrogens is 1. The number of amides is 1. The number of anilines is 1. The summed E-state index contributed by atoms with van der Waals surface area (Å²) in [6.07, 6.45) is 0. The third kappa shape index (κ3) is 3.83. The number of hydrogen-bond donors (Lipinski definition) is 1. The minimum atomic E-state index is -0.146. The maximum absolute atomic E-state index is 13.2. The maximum Gasteiger partial charge on any atom is 0.256 e. The number of nitrogens with one attached hydrogen (secondary N) is 1. The van der Waals surface area contributed by atoms with E-state index in [0.29, 0.717) is 5.56 Å². The van der Waals surface area contributed by atoms with Gasteiger partial charge in [0.1, 0.15) is 5.75 Å². The number of fused-ring (bicyclic) bond motifs is 1. The quantitative estimate of drug-likeness (QED) is 0.487. The summed E-state index contributed by atoms with van der Waals surface area (Å²) in [5.74, 6) is 0.634. The molecule has 1 aromatic heterocycles. The first-order chi connectivity index (χ1) is 14.0. The molecule has 4 heteroatoms. The van der Waals surface area contributed by atoms with Gasteiger partial charge < -0.3 is 10.1 Å². The number of benzene rings is 3. The number of ether oxygens (including phenoxy) is 1. The van der Waals surface area contributed by atoms with E-state index in [1.807, 2.05) is 86.6 Å². The van der Waals surface area contributed by atoms with E-state index in [4.69, 9.17) is 9.72 Å². The van der Waals surface area contributed by atoms with Crippen LogP contribution in [0, 0.1) is 13.8 Å². The second kappa shape index (κ2) is 7.76. The minimum absolute atomic E-state index is 0.146. The number of rotatable bonds is 4. The predicted octanol–water partition coefficient (Wildman–Crippen LogP) is 5.78. The molecule has 1 amide bonds. The molecule has 0 bridgehead atoms. The number of para-hydroxylation sites is 1. The first kappa shape index (κ1) is 18.7. The summed E-state index contributed by atoms with van der Waals surface area (Å²) in [6.45, 7) is 4.00. The highest BCUT2D eigenvalue weighted by atomic mass is 16.5. The Morgan fingerprint density at radius 1 is 0.931 bits per heavy atom. The van der Waals surface area contributed by atoms with E-state index in [2.05, 4.69) is 5.32 Å². The number of hydrogen-bond acceptors (Lipinski definition) is 3. The Morgan fingerprint density at radius 2 is 1.69 bits per heavy atom. The molecule has 0 aliphatic rings. The van der Waals surface area contributed by atoms with Gasteiger partial charge in [-0.1, -0.05) is 30.3 Å². The van der Waals surface area contributed by atoms with E-state index in [1.165, 1.54) is 0 Å². The summed E-state index contributed by atoms with van der Waals surface area (Å²) in [4.78, 5) is 18.0. The summed E-state index contributed by atoms with van der Waals surface area (Å²) < 4.78 is 5.24. The van der Waals surface area contributed by atoms with E-state index in [-0.39, 0.29) is 5.91 Å².